The van der Waals surface area contributed by atoms with E-state index in [1.54, 1.807) is 19.2 Å². The van der Waals surface area contributed by atoms with E-state index in [0.717, 1.165) is 0 Å². The Morgan fingerprint density at radius 3 is 2.73 bits per heavy atom. The van der Waals surface area contributed by atoms with Crippen molar-refractivity contribution in [2.45, 2.75) is 44.4 Å². The van der Waals surface area contributed by atoms with Gasteiger partial charge >= 0.3 is 6.03 Å². The molecule has 0 spiro atoms. The summed E-state index contributed by atoms with van der Waals surface area (Å²) in [6.07, 6.45) is 2.35. The summed E-state index contributed by atoms with van der Waals surface area (Å²) in [6.45, 7) is 12.7. The van der Waals surface area contributed by atoms with Gasteiger partial charge in [-0.1, -0.05) is 20.4 Å². The van der Waals surface area contributed by atoms with Gasteiger partial charge in [0.15, 0.2) is 16.0 Å². The molecule has 2 amide bonds. The maximum Gasteiger partial charge on any atom is 0.331 e. The van der Waals surface area contributed by atoms with E-state index in [9.17, 15) is 18.5 Å². The highest BCUT2D eigenvalue weighted by molar-refractivity contribution is 7.83. The standard InChI is InChI=1S/C22H23FN6O3S/c1-13(2)17-10-16(23)11-18(15-5-7-25-19(9-15)24-4)21(17)26-22(31)28-33(32)20-6-8-29(27-20)12-14(3)30/h5-11,13-14,30H,12H2,1-3H3,(H2,26,28,31)/t14-,33?/m1/s1. The van der Waals surface area contributed by atoms with Crippen molar-refractivity contribution in [3.63, 3.8) is 0 Å². The van der Waals surface area contributed by atoms with E-state index < -0.39 is 28.9 Å². The summed E-state index contributed by atoms with van der Waals surface area (Å²) in [4.78, 5) is 19.9. The van der Waals surface area contributed by atoms with Crippen LogP contribution in [0.2, 0.25) is 0 Å². The van der Waals surface area contributed by atoms with Gasteiger partial charge in [0.2, 0.25) is 0 Å². The van der Waals surface area contributed by atoms with Crippen LogP contribution in [0.5, 0.6) is 0 Å². The molecule has 0 aliphatic heterocycles. The number of hydrogen-bond acceptors (Lipinski definition) is 5. The van der Waals surface area contributed by atoms with Gasteiger partial charge in [-0.05, 0) is 54.3 Å². The highest BCUT2D eigenvalue weighted by atomic mass is 32.2. The van der Waals surface area contributed by atoms with Gasteiger partial charge in [-0.2, -0.15) is 5.10 Å². The molecule has 11 heteroatoms. The van der Waals surface area contributed by atoms with Crippen LogP contribution < -0.4 is 10.0 Å². The van der Waals surface area contributed by atoms with Crippen molar-refractivity contribution in [3.05, 3.63) is 65.5 Å². The first-order valence-corrected chi connectivity index (χ1v) is 11.2. The van der Waals surface area contributed by atoms with Crippen molar-refractivity contribution in [2.75, 3.05) is 5.32 Å². The summed E-state index contributed by atoms with van der Waals surface area (Å²) < 4.78 is 30.7. The summed E-state index contributed by atoms with van der Waals surface area (Å²) in [6, 6.07) is 6.41. The van der Waals surface area contributed by atoms with Crippen LogP contribution in [0.15, 0.2) is 47.8 Å². The van der Waals surface area contributed by atoms with Crippen LogP contribution in [-0.2, 0) is 17.5 Å². The summed E-state index contributed by atoms with van der Waals surface area (Å²) in [7, 11) is -1.96. The molecular weight excluding hydrogens is 447 g/mol. The minimum Gasteiger partial charge on any atom is -0.391 e. The number of pyridine rings is 1. The number of halogens is 1. The molecule has 0 aliphatic rings. The maximum absolute atomic E-state index is 14.4. The molecule has 3 N–H and O–H groups in total. The van der Waals surface area contributed by atoms with E-state index in [4.69, 9.17) is 6.57 Å². The van der Waals surface area contributed by atoms with Gasteiger partial charge in [-0.3, -0.25) is 9.40 Å². The smallest absolute Gasteiger partial charge is 0.331 e. The third-order valence-electron chi connectivity index (χ3n) is 4.61. The molecular formula is C22H23FN6O3S. The number of carbonyl (C=O) groups is 1. The van der Waals surface area contributed by atoms with E-state index in [0.29, 0.717) is 22.4 Å². The number of hydrogen-bond donors (Lipinski definition) is 3. The Labute approximate surface area is 193 Å². The molecule has 1 unspecified atom stereocenters. The van der Waals surface area contributed by atoms with Crippen LogP contribution >= 0.6 is 0 Å². The number of aromatic nitrogens is 3. The van der Waals surface area contributed by atoms with Crippen LogP contribution in [0.1, 0.15) is 32.3 Å². The fraction of sp³-hybridized carbons (Fsp3) is 0.273. The van der Waals surface area contributed by atoms with Gasteiger partial charge in [0.25, 0.3) is 5.82 Å². The predicted molar refractivity (Wildman–Crippen MR) is 122 cm³/mol. The fourth-order valence-electron chi connectivity index (χ4n) is 3.19. The molecule has 172 valence electrons. The Morgan fingerprint density at radius 2 is 2.06 bits per heavy atom. The van der Waals surface area contributed by atoms with Gasteiger partial charge in [-0.15, -0.1) is 4.98 Å². The summed E-state index contributed by atoms with van der Waals surface area (Å²) in [5, 5.41) is 16.3. The average Bonchev–Trinajstić information content (AvgIpc) is 3.22. The van der Waals surface area contributed by atoms with Crippen LogP contribution in [0.4, 0.5) is 20.7 Å². The first-order chi connectivity index (χ1) is 15.7. The van der Waals surface area contributed by atoms with Gasteiger partial charge in [-0.25, -0.2) is 13.4 Å². The Morgan fingerprint density at radius 1 is 1.30 bits per heavy atom. The molecule has 0 saturated heterocycles. The molecule has 1 aromatic carbocycles. The number of anilines is 1. The Bertz CT molecular complexity index is 1240. The van der Waals surface area contributed by atoms with E-state index in [1.807, 2.05) is 13.8 Å². The number of benzene rings is 1. The molecule has 0 fully saturated rings. The Balaban J connectivity index is 1.90. The number of aliphatic hydroxyl groups is 1. The lowest BCUT2D eigenvalue weighted by atomic mass is 9.94. The maximum atomic E-state index is 14.4. The average molecular weight is 471 g/mol. The van der Waals surface area contributed by atoms with Gasteiger partial charge < -0.3 is 15.3 Å². The molecule has 2 atom stereocenters. The second-order valence-electron chi connectivity index (χ2n) is 7.64. The van der Waals surface area contributed by atoms with Crippen molar-refractivity contribution >= 4 is 28.5 Å². The number of rotatable bonds is 7. The number of nitrogens with one attached hydrogen (secondary N) is 2. The molecule has 33 heavy (non-hydrogen) atoms. The lowest BCUT2D eigenvalue weighted by Crippen LogP contribution is -2.31. The van der Waals surface area contributed by atoms with Crippen LogP contribution in [0.3, 0.4) is 0 Å². The second kappa shape index (κ2) is 10.3. The van der Waals surface area contributed by atoms with Gasteiger partial charge in [0.1, 0.15) is 12.0 Å². The van der Waals surface area contributed by atoms with Crippen molar-refractivity contribution in [1.29, 1.82) is 0 Å². The van der Waals surface area contributed by atoms with E-state index in [2.05, 4.69) is 25.0 Å². The molecule has 0 aliphatic carbocycles. The van der Waals surface area contributed by atoms with Crippen molar-refractivity contribution in [2.24, 2.45) is 0 Å². The zero-order valence-corrected chi connectivity index (χ0v) is 19.1. The van der Waals surface area contributed by atoms with Gasteiger partial charge in [0.05, 0.1) is 18.3 Å². The Hall–Kier alpha value is -3.62. The fourth-order valence-corrected chi connectivity index (χ4v) is 3.87. The lowest BCUT2D eigenvalue weighted by Gasteiger charge is -2.19. The predicted octanol–water partition coefficient (Wildman–Crippen LogP) is 3.98. The number of urea groups is 1. The van der Waals surface area contributed by atoms with Crippen LogP contribution in [0, 0.1) is 12.4 Å². The zero-order chi connectivity index (χ0) is 24.1. The zero-order valence-electron chi connectivity index (χ0n) is 18.2. The normalized spacial score (nSPS) is 12.8. The second-order valence-corrected chi connectivity index (χ2v) is 8.80. The van der Waals surface area contributed by atoms with E-state index in [1.165, 1.54) is 35.1 Å². The van der Waals surface area contributed by atoms with Crippen molar-refractivity contribution in [1.82, 2.24) is 19.5 Å². The lowest BCUT2D eigenvalue weighted by molar-refractivity contribution is 0.168. The van der Waals surface area contributed by atoms with Gasteiger partial charge in [0, 0.05) is 11.8 Å². The highest BCUT2D eigenvalue weighted by Crippen LogP contribution is 2.36. The molecule has 9 nitrogen and oxygen atoms in total. The quantitative estimate of drug-likeness (QED) is 0.452. The highest BCUT2D eigenvalue weighted by Gasteiger charge is 2.20. The third kappa shape index (κ3) is 6.00. The van der Waals surface area contributed by atoms with Crippen molar-refractivity contribution < 1.29 is 18.5 Å². The first kappa shape index (κ1) is 24.0. The number of nitrogens with zero attached hydrogens (tertiary/aromatic N) is 4. The number of aliphatic hydroxyl groups excluding tert-OH is 1. The number of amides is 2. The molecule has 2 heterocycles. The van der Waals surface area contributed by atoms with Crippen LogP contribution in [-0.4, -0.2) is 36.2 Å². The molecule has 0 bridgehead atoms. The monoisotopic (exact) mass is 470 g/mol. The minimum atomic E-state index is -1.96. The van der Waals surface area contributed by atoms with E-state index in [-0.39, 0.29) is 23.3 Å². The molecule has 2 aromatic heterocycles. The third-order valence-corrected chi connectivity index (χ3v) is 5.58. The van der Waals surface area contributed by atoms with E-state index >= 15 is 0 Å². The molecule has 3 aromatic rings. The molecule has 3 rings (SSSR count). The van der Waals surface area contributed by atoms with Crippen molar-refractivity contribution in [3.8, 4) is 11.1 Å². The number of carbonyl (C=O) groups excluding carboxylic acids is 1. The molecule has 0 saturated carbocycles. The summed E-state index contributed by atoms with van der Waals surface area (Å²) in [5.41, 5.74) is 1.75. The summed E-state index contributed by atoms with van der Waals surface area (Å²) in [5.74, 6) is -0.501. The topological polar surface area (TPSA) is 114 Å². The summed E-state index contributed by atoms with van der Waals surface area (Å²) >= 11 is 0. The SMILES string of the molecule is [C-]#[N+]c1cc(-c2cc(F)cc(C(C)C)c2NC(=O)NS(=O)c2ccn(C[C@@H](C)O)n2)ccn1. The minimum absolute atomic E-state index is 0.116. The molecule has 0 radical (unpaired) electrons. The largest absolute Gasteiger partial charge is 0.391 e. The van der Waals surface area contributed by atoms with Crippen LogP contribution in [0.25, 0.3) is 16.0 Å². The Kier molecular flexibility index (Phi) is 7.52. The first-order valence-electron chi connectivity index (χ1n) is 10.1.